The topological polar surface area (TPSA) is 41.8 Å². The molecular formula is C30H47NO2. The third-order valence-corrected chi connectivity index (χ3v) is 9.78. The van der Waals surface area contributed by atoms with E-state index in [1.807, 2.05) is 0 Å². The molecule has 33 heavy (non-hydrogen) atoms. The van der Waals surface area contributed by atoms with E-state index < -0.39 is 0 Å². The number of oxime groups is 1. The highest BCUT2D eigenvalue weighted by Gasteiger charge is 2.50. The minimum atomic E-state index is -0.303. The molecule has 3 aliphatic carbocycles. The van der Waals surface area contributed by atoms with Gasteiger partial charge in [0, 0.05) is 6.42 Å². The lowest BCUT2D eigenvalue weighted by molar-refractivity contribution is -0.0282. The first-order valence-corrected chi connectivity index (χ1v) is 13.6. The van der Waals surface area contributed by atoms with Crippen molar-refractivity contribution in [2.75, 3.05) is 0 Å². The molecule has 1 N–H and O–H groups in total. The normalized spacial score (nSPS) is 41.1. The number of aliphatic hydroxyl groups is 1. The molecule has 4 aliphatic rings. The number of aliphatic hydroxyl groups excluding tert-OH is 1. The maximum atomic E-state index is 10.4. The number of hydrogen-bond donors (Lipinski definition) is 1. The number of nitrogens with zero attached hydrogens (tertiary/aromatic N) is 1. The zero-order valence-electron chi connectivity index (χ0n) is 21.9. The van der Waals surface area contributed by atoms with Gasteiger partial charge in [-0.05, 0) is 98.9 Å². The maximum absolute atomic E-state index is 10.4. The van der Waals surface area contributed by atoms with Crippen LogP contribution in [-0.4, -0.2) is 22.5 Å². The lowest BCUT2D eigenvalue weighted by Gasteiger charge is -2.44. The summed E-state index contributed by atoms with van der Waals surface area (Å²) >= 11 is 0. The zero-order valence-corrected chi connectivity index (χ0v) is 21.9. The Labute approximate surface area is 202 Å². The highest BCUT2D eigenvalue weighted by atomic mass is 16.7. The van der Waals surface area contributed by atoms with Crippen molar-refractivity contribution in [3.05, 3.63) is 35.5 Å². The van der Waals surface area contributed by atoms with Crippen LogP contribution in [0.1, 0.15) is 99.3 Å². The molecule has 1 heterocycles. The predicted octanol–water partition coefficient (Wildman–Crippen LogP) is 7.62. The molecule has 184 valence electrons. The van der Waals surface area contributed by atoms with Gasteiger partial charge in [-0.15, -0.1) is 0 Å². The molecule has 0 aromatic heterocycles. The second kappa shape index (κ2) is 9.72. The van der Waals surface area contributed by atoms with Crippen LogP contribution < -0.4 is 0 Å². The third-order valence-electron chi connectivity index (χ3n) is 9.78. The number of fused-ring (bicyclic) bond motifs is 1. The average molecular weight is 454 g/mol. The van der Waals surface area contributed by atoms with Crippen molar-refractivity contribution in [2.45, 2.75) is 111 Å². The molecule has 4 rings (SSSR count). The van der Waals surface area contributed by atoms with Crippen LogP contribution in [-0.2, 0) is 4.84 Å². The Morgan fingerprint density at radius 3 is 2.55 bits per heavy atom. The van der Waals surface area contributed by atoms with Gasteiger partial charge in [0.25, 0.3) is 0 Å². The minimum Gasteiger partial charge on any atom is -0.393 e. The molecule has 3 saturated carbocycles. The van der Waals surface area contributed by atoms with Gasteiger partial charge in [-0.25, -0.2) is 0 Å². The Bertz CT molecular complexity index is 836. The van der Waals surface area contributed by atoms with Gasteiger partial charge >= 0.3 is 0 Å². The van der Waals surface area contributed by atoms with Gasteiger partial charge < -0.3 is 9.94 Å². The summed E-state index contributed by atoms with van der Waals surface area (Å²) in [5, 5.41) is 14.7. The van der Waals surface area contributed by atoms with Crippen molar-refractivity contribution in [1.29, 1.82) is 0 Å². The summed E-state index contributed by atoms with van der Waals surface area (Å²) in [7, 11) is 0. The molecule has 0 saturated heterocycles. The van der Waals surface area contributed by atoms with Crippen LogP contribution >= 0.6 is 0 Å². The van der Waals surface area contributed by atoms with Crippen molar-refractivity contribution in [2.24, 2.45) is 40.2 Å². The van der Waals surface area contributed by atoms with Crippen LogP contribution in [0.15, 0.2) is 40.6 Å². The Hall–Kier alpha value is -1.35. The summed E-state index contributed by atoms with van der Waals surface area (Å²) in [4.78, 5) is 5.98. The van der Waals surface area contributed by atoms with Gasteiger partial charge in [-0.3, -0.25) is 0 Å². The second-order valence-corrected chi connectivity index (χ2v) is 12.4. The molecule has 3 nitrogen and oxygen atoms in total. The fraction of sp³-hybridized carbons (Fsp3) is 0.767. The molecule has 0 bridgehead atoms. The highest BCUT2D eigenvalue weighted by Crippen LogP contribution is 2.59. The fourth-order valence-corrected chi connectivity index (χ4v) is 7.33. The summed E-state index contributed by atoms with van der Waals surface area (Å²) in [5.74, 6) is 3.46. The average Bonchev–Trinajstić information content (AvgIpc) is 3.32. The molecule has 0 aromatic carbocycles. The Morgan fingerprint density at radius 2 is 1.85 bits per heavy atom. The number of hydrogen-bond acceptors (Lipinski definition) is 3. The highest BCUT2D eigenvalue weighted by molar-refractivity contribution is 5.84. The largest absolute Gasteiger partial charge is 0.393 e. The summed E-state index contributed by atoms with van der Waals surface area (Å²) in [6.45, 7) is 14.1. The van der Waals surface area contributed by atoms with Crippen LogP contribution in [0.2, 0.25) is 0 Å². The third kappa shape index (κ3) is 4.90. The first kappa shape index (κ1) is 24.8. The SMILES string of the molecule is CC1=NO[C@@]2(CC[C@H](O)C/C2=C/C=C2\CCC[C@]3(C)[C@@H]([C@H](C)/C=C/[C@H](C)C(C)C)CC[C@@H]23)C1. The Morgan fingerprint density at radius 1 is 1.06 bits per heavy atom. The van der Waals surface area contributed by atoms with Crippen LogP contribution in [0.5, 0.6) is 0 Å². The van der Waals surface area contributed by atoms with Gasteiger partial charge in [0.05, 0.1) is 11.8 Å². The van der Waals surface area contributed by atoms with Crippen molar-refractivity contribution < 1.29 is 9.94 Å². The van der Waals surface area contributed by atoms with E-state index in [0.29, 0.717) is 35.5 Å². The fourth-order valence-electron chi connectivity index (χ4n) is 7.33. The smallest absolute Gasteiger partial charge is 0.164 e. The van der Waals surface area contributed by atoms with E-state index in [-0.39, 0.29) is 11.7 Å². The number of allylic oxidation sites excluding steroid dienone is 5. The maximum Gasteiger partial charge on any atom is 0.164 e. The first-order chi connectivity index (χ1) is 15.6. The van der Waals surface area contributed by atoms with E-state index in [2.05, 4.69) is 71.0 Å². The van der Waals surface area contributed by atoms with Crippen LogP contribution in [0.25, 0.3) is 0 Å². The second-order valence-electron chi connectivity index (χ2n) is 12.4. The Kier molecular flexibility index (Phi) is 7.29. The molecule has 0 amide bonds. The number of rotatable bonds is 5. The molecule has 0 unspecified atom stereocenters. The molecule has 3 heteroatoms. The van der Waals surface area contributed by atoms with Crippen molar-refractivity contribution >= 4 is 5.71 Å². The quantitative estimate of drug-likeness (QED) is 0.435. The van der Waals surface area contributed by atoms with E-state index in [0.717, 1.165) is 30.9 Å². The summed E-state index contributed by atoms with van der Waals surface area (Å²) in [5.41, 5.74) is 4.05. The first-order valence-electron chi connectivity index (χ1n) is 13.6. The summed E-state index contributed by atoms with van der Waals surface area (Å²) in [6, 6.07) is 0. The van der Waals surface area contributed by atoms with Crippen LogP contribution in [0.3, 0.4) is 0 Å². The van der Waals surface area contributed by atoms with Gasteiger partial charge in [0.15, 0.2) is 5.60 Å². The lowest BCUT2D eigenvalue weighted by atomic mass is 9.61. The van der Waals surface area contributed by atoms with Crippen LogP contribution in [0, 0.1) is 35.0 Å². The molecular weight excluding hydrogens is 406 g/mol. The van der Waals surface area contributed by atoms with E-state index in [1.165, 1.54) is 37.7 Å². The van der Waals surface area contributed by atoms with E-state index in [4.69, 9.17) is 4.84 Å². The van der Waals surface area contributed by atoms with Crippen molar-refractivity contribution in [3.8, 4) is 0 Å². The van der Waals surface area contributed by atoms with E-state index in [1.54, 1.807) is 5.57 Å². The van der Waals surface area contributed by atoms with Crippen LogP contribution in [0.4, 0.5) is 0 Å². The molecule has 1 spiro atoms. The Balaban J connectivity index is 1.53. The standard InChI is InChI=1S/C30H47NO2/c1-20(2)21(3)9-10-22(4)27-13-14-28-24(8-7-16-29(27,28)6)11-12-25-18-26(32)15-17-30(25)19-23(5)31-33-30/h9-12,20-22,26-28,32H,7-8,13-19H2,1-6H3/b10-9+,24-11+,25-12-/t21-,22+,26-,27+,28-,29+,30-/m0/s1. The van der Waals surface area contributed by atoms with E-state index in [9.17, 15) is 5.11 Å². The van der Waals surface area contributed by atoms with Crippen molar-refractivity contribution in [3.63, 3.8) is 0 Å². The summed E-state index contributed by atoms with van der Waals surface area (Å²) < 4.78 is 0. The van der Waals surface area contributed by atoms with Gasteiger partial charge in [-0.2, -0.15) is 0 Å². The molecule has 0 aromatic rings. The van der Waals surface area contributed by atoms with Gasteiger partial charge in [0.2, 0.25) is 0 Å². The zero-order chi connectivity index (χ0) is 23.8. The molecule has 1 aliphatic heterocycles. The molecule has 3 fully saturated rings. The minimum absolute atomic E-state index is 0.252. The van der Waals surface area contributed by atoms with Crippen molar-refractivity contribution in [1.82, 2.24) is 0 Å². The summed E-state index contributed by atoms with van der Waals surface area (Å²) in [6.07, 6.45) is 19.3. The molecule has 7 atom stereocenters. The predicted molar refractivity (Wildman–Crippen MR) is 138 cm³/mol. The van der Waals surface area contributed by atoms with E-state index >= 15 is 0 Å². The lowest BCUT2D eigenvalue weighted by Crippen LogP contribution is -2.38. The van der Waals surface area contributed by atoms with Gasteiger partial charge in [-0.1, -0.05) is 69.7 Å². The monoisotopic (exact) mass is 453 g/mol. The van der Waals surface area contributed by atoms with Gasteiger partial charge in [0.1, 0.15) is 0 Å². The molecule has 0 radical (unpaired) electrons.